The smallest absolute Gasteiger partial charge is 0.138 e. The van der Waals surface area contributed by atoms with Crippen molar-refractivity contribution < 1.29 is 4.74 Å². The Kier molecular flexibility index (Phi) is 4.77. The molecule has 0 fully saturated rings. The zero-order chi connectivity index (χ0) is 13.7. The van der Waals surface area contributed by atoms with Crippen LogP contribution in [0, 0.1) is 0 Å². The lowest BCUT2D eigenvalue weighted by molar-refractivity contribution is 0.339. The lowest BCUT2D eigenvalue weighted by Gasteiger charge is -2.09. The summed E-state index contributed by atoms with van der Waals surface area (Å²) in [6.07, 6.45) is 3.55. The SMILES string of the molecule is CCOc1cncc(-c2ccc(Cl)c(CNC)c2)c1. The fourth-order valence-electron chi connectivity index (χ4n) is 1.90. The van der Waals surface area contributed by atoms with Gasteiger partial charge in [0.05, 0.1) is 12.8 Å². The summed E-state index contributed by atoms with van der Waals surface area (Å²) in [6, 6.07) is 7.97. The molecule has 0 aliphatic rings. The monoisotopic (exact) mass is 276 g/mol. The van der Waals surface area contributed by atoms with Crippen molar-refractivity contribution in [3.63, 3.8) is 0 Å². The van der Waals surface area contributed by atoms with Crippen LogP contribution in [0.1, 0.15) is 12.5 Å². The highest BCUT2D eigenvalue weighted by Crippen LogP contribution is 2.27. The Morgan fingerprint density at radius 1 is 1.21 bits per heavy atom. The minimum absolute atomic E-state index is 0.636. The minimum atomic E-state index is 0.636. The fraction of sp³-hybridized carbons (Fsp3) is 0.267. The molecular weight excluding hydrogens is 260 g/mol. The van der Waals surface area contributed by atoms with Gasteiger partial charge in [-0.05, 0) is 43.3 Å². The van der Waals surface area contributed by atoms with E-state index in [0.717, 1.165) is 34.0 Å². The van der Waals surface area contributed by atoms with E-state index in [9.17, 15) is 0 Å². The van der Waals surface area contributed by atoms with Gasteiger partial charge in [-0.25, -0.2) is 0 Å². The summed E-state index contributed by atoms with van der Waals surface area (Å²) in [6.45, 7) is 3.34. The standard InChI is InChI=1S/C15H17ClN2O/c1-3-19-14-7-12(9-18-10-14)11-4-5-15(16)13(6-11)8-17-2/h4-7,9-10,17H,3,8H2,1-2H3. The number of pyridine rings is 1. The van der Waals surface area contributed by atoms with Crippen molar-refractivity contribution >= 4 is 11.6 Å². The third kappa shape index (κ3) is 3.46. The Balaban J connectivity index is 2.35. The summed E-state index contributed by atoms with van der Waals surface area (Å²) < 4.78 is 5.47. The quantitative estimate of drug-likeness (QED) is 0.907. The van der Waals surface area contributed by atoms with Gasteiger partial charge in [0.25, 0.3) is 0 Å². The molecule has 0 aliphatic heterocycles. The summed E-state index contributed by atoms with van der Waals surface area (Å²) in [7, 11) is 1.90. The maximum absolute atomic E-state index is 6.16. The average Bonchev–Trinajstić information content (AvgIpc) is 2.42. The first-order valence-electron chi connectivity index (χ1n) is 6.26. The Bertz CT molecular complexity index is 558. The van der Waals surface area contributed by atoms with Gasteiger partial charge < -0.3 is 10.1 Å². The van der Waals surface area contributed by atoms with Crippen molar-refractivity contribution in [1.82, 2.24) is 10.3 Å². The number of nitrogens with zero attached hydrogens (tertiary/aromatic N) is 1. The van der Waals surface area contributed by atoms with Crippen molar-refractivity contribution in [2.45, 2.75) is 13.5 Å². The molecule has 1 heterocycles. The van der Waals surface area contributed by atoms with Crippen LogP contribution in [-0.4, -0.2) is 18.6 Å². The molecule has 2 aromatic rings. The van der Waals surface area contributed by atoms with Crippen molar-refractivity contribution in [3.05, 3.63) is 47.2 Å². The second-order valence-electron chi connectivity index (χ2n) is 4.18. The largest absolute Gasteiger partial charge is 0.492 e. The van der Waals surface area contributed by atoms with Crippen LogP contribution in [-0.2, 0) is 6.54 Å². The Labute approximate surface area is 118 Å². The van der Waals surface area contributed by atoms with Crippen LogP contribution in [0.5, 0.6) is 5.75 Å². The second-order valence-corrected chi connectivity index (χ2v) is 4.59. The number of rotatable bonds is 5. The Hall–Kier alpha value is -1.58. The predicted molar refractivity (Wildman–Crippen MR) is 78.6 cm³/mol. The lowest BCUT2D eigenvalue weighted by Crippen LogP contribution is -2.05. The van der Waals surface area contributed by atoms with Gasteiger partial charge in [0.1, 0.15) is 5.75 Å². The van der Waals surface area contributed by atoms with E-state index in [1.807, 2.05) is 38.4 Å². The zero-order valence-corrected chi connectivity index (χ0v) is 11.9. The van der Waals surface area contributed by atoms with Crippen molar-refractivity contribution in [3.8, 4) is 16.9 Å². The molecule has 0 saturated carbocycles. The maximum atomic E-state index is 6.16. The molecule has 3 nitrogen and oxygen atoms in total. The first-order valence-corrected chi connectivity index (χ1v) is 6.63. The van der Waals surface area contributed by atoms with Crippen LogP contribution in [0.2, 0.25) is 5.02 Å². The lowest BCUT2D eigenvalue weighted by atomic mass is 10.0. The molecule has 0 radical (unpaired) electrons. The van der Waals surface area contributed by atoms with Crippen molar-refractivity contribution in [2.24, 2.45) is 0 Å². The zero-order valence-electron chi connectivity index (χ0n) is 11.1. The minimum Gasteiger partial charge on any atom is -0.492 e. The highest BCUT2D eigenvalue weighted by molar-refractivity contribution is 6.31. The fourth-order valence-corrected chi connectivity index (χ4v) is 2.09. The summed E-state index contributed by atoms with van der Waals surface area (Å²) >= 11 is 6.16. The van der Waals surface area contributed by atoms with Gasteiger partial charge >= 0.3 is 0 Å². The number of aromatic nitrogens is 1. The van der Waals surface area contributed by atoms with Crippen molar-refractivity contribution in [1.29, 1.82) is 0 Å². The maximum Gasteiger partial charge on any atom is 0.138 e. The first-order chi connectivity index (χ1) is 9.24. The van der Waals surface area contributed by atoms with E-state index in [2.05, 4.69) is 16.4 Å². The summed E-state index contributed by atoms with van der Waals surface area (Å²) in [5.41, 5.74) is 3.19. The molecule has 0 atom stereocenters. The number of hydrogen-bond donors (Lipinski definition) is 1. The summed E-state index contributed by atoms with van der Waals surface area (Å²) in [5, 5.41) is 3.88. The van der Waals surface area contributed by atoms with Gasteiger partial charge in [-0.1, -0.05) is 17.7 Å². The predicted octanol–water partition coefficient (Wildman–Crippen LogP) is 3.52. The van der Waals surface area contributed by atoms with Crippen LogP contribution < -0.4 is 10.1 Å². The Morgan fingerprint density at radius 3 is 2.79 bits per heavy atom. The van der Waals surface area contributed by atoms with E-state index >= 15 is 0 Å². The number of ether oxygens (including phenoxy) is 1. The molecule has 0 amide bonds. The molecule has 1 aromatic carbocycles. The van der Waals surface area contributed by atoms with E-state index in [1.54, 1.807) is 6.20 Å². The van der Waals surface area contributed by atoms with Crippen LogP contribution in [0.15, 0.2) is 36.7 Å². The van der Waals surface area contributed by atoms with Gasteiger partial charge in [-0.3, -0.25) is 4.98 Å². The van der Waals surface area contributed by atoms with Gasteiger partial charge in [0.2, 0.25) is 0 Å². The van der Waals surface area contributed by atoms with E-state index in [1.165, 1.54) is 0 Å². The average molecular weight is 277 g/mol. The van der Waals surface area contributed by atoms with E-state index in [0.29, 0.717) is 6.61 Å². The van der Waals surface area contributed by atoms with Gasteiger partial charge in [-0.15, -0.1) is 0 Å². The first kappa shape index (κ1) is 13.8. The third-order valence-electron chi connectivity index (χ3n) is 2.77. The Morgan fingerprint density at radius 2 is 2.05 bits per heavy atom. The van der Waals surface area contributed by atoms with Crippen LogP contribution in [0.4, 0.5) is 0 Å². The molecule has 1 N–H and O–H groups in total. The molecule has 2 rings (SSSR count). The normalized spacial score (nSPS) is 10.5. The molecule has 0 spiro atoms. The highest BCUT2D eigenvalue weighted by Gasteiger charge is 2.05. The number of nitrogens with one attached hydrogen (secondary N) is 1. The molecule has 0 unspecified atom stereocenters. The highest BCUT2D eigenvalue weighted by atomic mass is 35.5. The van der Waals surface area contributed by atoms with Crippen LogP contribution in [0.25, 0.3) is 11.1 Å². The molecule has 0 aliphatic carbocycles. The van der Waals surface area contributed by atoms with Crippen LogP contribution >= 0.6 is 11.6 Å². The molecular formula is C15H17ClN2O. The second kappa shape index (κ2) is 6.55. The molecule has 4 heteroatoms. The van der Waals surface area contributed by atoms with Crippen LogP contribution in [0.3, 0.4) is 0 Å². The van der Waals surface area contributed by atoms with Gasteiger partial charge in [0.15, 0.2) is 0 Å². The molecule has 19 heavy (non-hydrogen) atoms. The molecule has 0 bridgehead atoms. The third-order valence-corrected chi connectivity index (χ3v) is 3.14. The van der Waals surface area contributed by atoms with E-state index in [-0.39, 0.29) is 0 Å². The van der Waals surface area contributed by atoms with E-state index < -0.39 is 0 Å². The number of benzene rings is 1. The molecule has 100 valence electrons. The number of hydrogen-bond acceptors (Lipinski definition) is 3. The molecule has 1 aromatic heterocycles. The summed E-state index contributed by atoms with van der Waals surface area (Å²) in [5.74, 6) is 0.783. The topological polar surface area (TPSA) is 34.1 Å². The van der Waals surface area contributed by atoms with Gasteiger partial charge in [-0.2, -0.15) is 0 Å². The summed E-state index contributed by atoms with van der Waals surface area (Å²) in [4.78, 5) is 4.20. The molecule has 0 saturated heterocycles. The van der Waals surface area contributed by atoms with Crippen molar-refractivity contribution in [2.75, 3.05) is 13.7 Å². The van der Waals surface area contributed by atoms with E-state index in [4.69, 9.17) is 16.3 Å². The number of halogens is 1. The van der Waals surface area contributed by atoms with Gasteiger partial charge in [0, 0.05) is 23.3 Å².